The van der Waals surface area contributed by atoms with Crippen LogP contribution in [0.5, 0.6) is 0 Å². The summed E-state index contributed by atoms with van der Waals surface area (Å²) in [4.78, 5) is 57.6. The fourth-order valence-electron chi connectivity index (χ4n) is 6.33. The number of carboxylic acids is 1. The zero-order chi connectivity index (χ0) is 28.1. The topological polar surface area (TPSA) is 122 Å². The number of anilines is 1. The molecular formula is C28H26Cl2N4O5. The quantitative estimate of drug-likeness (QED) is 0.541. The molecule has 9 nitrogen and oxygen atoms in total. The van der Waals surface area contributed by atoms with Crippen LogP contribution >= 0.6 is 23.2 Å². The number of hydrogen-bond donors (Lipinski definition) is 1. The van der Waals surface area contributed by atoms with Crippen LogP contribution in [0, 0.1) is 23.2 Å². The zero-order valence-corrected chi connectivity index (χ0v) is 22.7. The van der Waals surface area contributed by atoms with Gasteiger partial charge in [-0.1, -0.05) is 48.2 Å². The molecule has 4 atom stereocenters. The first kappa shape index (κ1) is 27.0. The molecule has 39 heavy (non-hydrogen) atoms. The van der Waals surface area contributed by atoms with Gasteiger partial charge < -0.3 is 14.9 Å². The molecule has 2 heterocycles. The maximum Gasteiger partial charge on any atom is 0.332 e. The minimum absolute atomic E-state index is 0.0921. The minimum atomic E-state index is -1.46. The number of hydrogen-bond acceptors (Lipinski definition) is 5. The van der Waals surface area contributed by atoms with Crippen molar-refractivity contribution in [1.29, 1.82) is 5.26 Å². The Hall–Kier alpha value is -3.61. The summed E-state index contributed by atoms with van der Waals surface area (Å²) >= 11 is 12.4. The Balaban J connectivity index is 1.58. The summed E-state index contributed by atoms with van der Waals surface area (Å²) in [6.07, 6.45) is 2.37. The van der Waals surface area contributed by atoms with E-state index in [1.54, 1.807) is 24.3 Å². The van der Waals surface area contributed by atoms with Gasteiger partial charge in [0.15, 0.2) is 0 Å². The molecular weight excluding hydrogens is 543 g/mol. The number of carbonyl (C=O) groups is 4. The van der Waals surface area contributed by atoms with E-state index in [2.05, 4.69) is 6.07 Å². The molecule has 1 aliphatic carbocycles. The van der Waals surface area contributed by atoms with E-state index in [1.807, 2.05) is 0 Å². The highest BCUT2D eigenvalue weighted by atomic mass is 35.5. The van der Waals surface area contributed by atoms with Gasteiger partial charge in [-0.2, -0.15) is 5.26 Å². The molecule has 0 aromatic heterocycles. The summed E-state index contributed by atoms with van der Waals surface area (Å²) in [5.41, 5.74) is -0.125. The molecule has 202 valence electrons. The third kappa shape index (κ3) is 4.42. The molecule has 0 bridgehead atoms. The van der Waals surface area contributed by atoms with Gasteiger partial charge in [0.25, 0.3) is 5.91 Å². The second-order valence-electron chi connectivity index (χ2n) is 10.4. The number of halogens is 2. The van der Waals surface area contributed by atoms with E-state index in [-0.39, 0.29) is 34.7 Å². The summed E-state index contributed by atoms with van der Waals surface area (Å²) in [6, 6.07) is 12.6. The Kier molecular flexibility index (Phi) is 7.04. The number of carbonyl (C=O) groups excluding carboxylic acids is 3. The van der Waals surface area contributed by atoms with E-state index in [4.69, 9.17) is 23.2 Å². The number of carboxylic acid groups (broad SMARTS) is 1. The maximum atomic E-state index is 14.3. The lowest BCUT2D eigenvalue weighted by molar-refractivity contribution is -0.152. The first-order valence-electron chi connectivity index (χ1n) is 12.7. The number of nitriles is 1. The van der Waals surface area contributed by atoms with Gasteiger partial charge in [0, 0.05) is 29.6 Å². The standard InChI is InChI=1S/C28H26Cl2N4O5/c1-32-27(39)34(20-11-18(29)10-19(30)12-20)26(38)28(32)15-33(14-23(28)17-8-6-16(13-31)7-9-17)24(35)21-4-2-3-5-22(21)25(36)37/h6-12,21-23H,2-5,14-15H2,1H3,(H,36,37)/t21-,22-,23+,28-/m1/s1. The van der Waals surface area contributed by atoms with Crippen LogP contribution in [0.2, 0.25) is 10.0 Å². The Labute approximate surface area is 235 Å². The van der Waals surface area contributed by atoms with Crippen molar-refractivity contribution in [3.05, 3.63) is 63.6 Å². The average molecular weight is 569 g/mol. The third-order valence-corrected chi connectivity index (χ3v) is 8.76. The molecule has 3 aliphatic rings. The van der Waals surface area contributed by atoms with Crippen molar-refractivity contribution in [3.8, 4) is 6.07 Å². The molecule has 1 N–H and O–H groups in total. The molecule has 2 aromatic rings. The van der Waals surface area contributed by atoms with Gasteiger partial charge in [0.05, 0.1) is 35.7 Å². The highest BCUT2D eigenvalue weighted by molar-refractivity contribution is 6.35. The van der Waals surface area contributed by atoms with Crippen LogP contribution in [0.3, 0.4) is 0 Å². The number of likely N-dealkylation sites (tertiary alicyclic amines) is 1. The normalized spacial score (nSPS) is 26.8. The molecule has 11 heteroatoms. The number of rotatable bonds is 4. The van der Waals surface area contributed by atoms with Gasteiger partial charge in [0.2, 0.25) is 5.91 Å². The minimum Gasteiger partial charge on any atom is -0.481 e. The maximum absolute atomic E-state index is 14.3. The van der Waals surface area contributed by atoms with Crippen LogP contribution in [0.4, 0.5) is 10.5 Å². The monoisotopic (exact) mass is 568 g/mol. The fraction of sp³-hybridized carbons (Fsp3) is 0.393. The number of amides is 4. The number of nitrogens with zero attached hydrogens (tertiary/aromatic N) is 4. The molecule has 2 saturated heterocycles. The van der Waals surface area contributed by atoms with Gasteiger partial charge in [-0.15, -0.1) is 0 Å². The average Bonchev–Trinajstić information content (AvgIpc) is 3.40. The lowest BCUT2D eigenvalue weighted by atomic mass is 9.78. The highest BCUT2D eigenvalue weighted by Crippen LogP contribution is 2.47. The summed E-state index contributed by atoms with van der Waals surface area (Å²) in [7, 11) is 1.53. The lowest BCUT2D eigenvalue weighted by Crippen LogP contribution is -2.54. The molecule has 1 spiro atoms. The summed E-state index contributed by atoms with van der Waals surface area (Å²) in [5, 5.41) is 19.6. The smallest absolute Gasteiger partial charge is 0.332 e. The largest absolute Gasteiger partial charge is 0.481 e. The van der Waals surface area contributed by atoms with E-state index in [0.717, 1.165) is 17.7 Å². The van der Waals surface area contributed by atoms with Crippen molar-refractivity contribution in [2.45, 2.75) is 37.1 Å². The second-order valence-corrected chi connectivity index (χ2v) is 11.2. The fourth-order valence-corrected chi connectivity index (χ4v) is 6.84. The highest BCUT2D eigenvalue weighted by Gasteiger charge is 2.65. The predicted octanol–water partition coefficient (Wildman–Crippen LogP) is 4.52. The van der Waals surface area contributed by atoms with Gasteiger partial charge in [-0.05, 0) is 48.7 Å². The van der Waals surface area contributed by atoms with Crippen LogP contribution in [-0.4, -0.2) is 64.4 Å². The van der Waals surface area contributed by atoms with Crippen molar-refractivity contribution in [1.82, 2.24) is 9.80 Å². The Bertz CT molecular complexity index is 1390. The van der Waals surface area contributed by atoms with E-state index >= 15 is 0 Å². The number of imide groups is 1. The molecule has 0 radical (unpaired) electrons. The summed E-state index contributed by atoms with van der Waals surface area (Å²) in [5.74, 6) is -3.97. The van der Waals surface area contributed by atoms with Gasteiger partial charge >= 0.3 is 12.0 Å². The molecule has 0 unspecified atom stereocenters. The van der Waals surface area contributed by atoms with Crippen molar-refractivity contribution in [2.75, 3.05) is 25.0 Å². The molecule has 4 amide bonds. The summed E-state index contributed by atoms with van der Waals surface area (Å²) < 4.78 is 0. The van der Waals surface area contributed by atoms with Gasteiger partial charge in [0.1, 0.15) is 5.54 Å². The van der Waals surface area contributed by atoms with Crippen LogP contribution in [0.15, 0.2) is 42.5 Å². The van der Waals surface area contributed by atoms with Crippen LogP contribution in [-0.2, 0) is 14.4 Å². The summed E-state index contributed by atoms with van der Waals surface area (Å²) in [6.45, 7) is 0.0201. The van der Waals surface area contributed by atoms with E-state index in [0.29, 0.717) is 24.0 Å². The number of likely N-dealkylation sites (N-methyl/N-ethyl adjacent to an activating group) is 1. The van der Waals surface area contributed by atoms with E-state index in [9.17, 15) is 29.5 Å². The van der Waals surface area contributed by atoms with E-state index < -0.39 is 41.2 Å². The number of urea groups is 1. The van der Waals surface area contributed by atoms with E-state index in [1.165, 1.54) is 35.0 Å². The van der Waals surface area contributed by atoms with Crippen molar-refractivity contribution in [2.24, 2.45) is 11.8 Å². The zero-order valence-electron chi connectivity index (χ0n) is 21.1. The Morgan fingerprint density at radius 2 is 1.64 bits per heavy atom. The molecule has 2 aromatic carbocycles. The Morgan fingerprint density at radius 1 is 1.03 bits per heavy atom. The SMILES string of the molecule is CN1C(=O)N(c2cc(Cl)cc(Cl)c2)C(=O)[C@]12CN(C(=O)[C@@H]1CCCC[C@H]1C(=O)O)C[C@H]2c1ccc(C#N)cc1. The lowest BCUT2D eigenvalue weighted by Gasteiger charge is -2.34. The first-order chi connectivity index (χ1) is 18.6. The first-order valence-corrected chi connectivity index (χ1v) is 13.4. The molecule has 1 saturated carbocycles. The van der Waals surface area contributed by atoms with Crippen molar-refractivity contribution < 1.29 is 24.3 Å². The molecule has 5 rings (SSSR count). The molecule has 3 fully saturated rings. The third-order valence-electron chi connectivity index (χ3n) is 8.32. The number of benzene rings is 2. The van der Waals surface area contributed by atoms with Crippen LogP contribution in [0.25, 0.3) is 0 Å². The number of aliphatic carboxylic acids is 1. The van der Waals surface area contributed by atoms with Crippen LogP contribution in [0.1, 0.15) is 42.7 Å². The van der Waals surface area contributed by atoms with Gasteiger partial charge in [-0.3, -0.25) is 14.4 Å². The van der Waals surface area contributed by atoms with Crippen LogP contribution < -0.4 is 4.90 Å². The Morgan fingerprint density at radius 3 is 2.23 bits per heavy atom. The van der Waals surface area contributed by atoms with Crippen molar-refractivity contribution in [3.63, 3.8) is 0 Å². The van der Waals surface area contributed by atoms with Gasteiger partial charge in [-0.25, -0.2) is 9.69 Å². The predicted molar refractivity (Wildman–Crippen MR) is 143 cm³/mol. The second kappa shape index (κ2) is 10.2. The molecule has 2 aliphatic heterocycles. The van der Waals surface area contributed by atoms with Crippen molar-refractivity contribution >= 4 is 52.7 Å².